The van der Waals surface area contributed by atoms with Crippen LogP contribution in [0.2, 0.25) is 0 Å². The second-order valence-corrected chi connectivity index (χ2v) is 9.85. The summed E-state index contributed by atoms with van der Waals surface area (Å²) in [6.07, 6.45) is -15.0. The number of anilines is 1. The third kappa shape index (κ3) is 9.49. The minimum Gasteiger partial charge on any atom is -0.398 e. The van der Waals surface area contributed by atoms with Gasteiger partial charge in [0, 0.05) is 63.1 Å². The van der Waals surface area contributed by atoms with Gasteiger partial charge in [-0.25, -0.2) is 0 Å². The van der Waals surface area contributed by atoms with Gasteiger partial charge in [-0.3, -0.25) is 14.6 Å². The number of halogens is 6. The van der Waals surface area contributed by atoms with Gasteiger partial charge in [-0.1, -0.05) is 55.1 Å². The number of aliphatic imine (C=N–C) groups is 1. The van der Waals surface area contributed by atoms with Crippen molar-refractivity contribution in [3.8, 4) is 0 Å². The fraction of sp³-hybridized carbons (Fsp3) is 0.414. The molecule has 1 N–H and O–H groups in total. The Morgan fingerprint density at radius 3 is 2.15 bits per heavy atom. The van der Waals surface area contributed by atoms with Crippen molar-refractivity contribution >= 4 is 23.1 Å². The molecule has 1 radical (unpaired) electrons. The molecule has 5 nitrogen and oxygen atoms in total. The SMILES string of the molecule is C=C1[C@@H](NC(=O)[C@H](CCC(F)(F)F)[C@H](CCC(F)(F)F)C(C)=O)N=C(c2ccccc2)c2cc(C)[c-]cc2N1C.[Y]. The summed E-state index contributed by atoms with van der Waals surface area (Å²) in [7, 11) is 1.68. The number of amides is 1. The van der Waals surface area contributed by atoms with Crippen molar-refractivity contribution in [2.45, 2.75) is 58.0 Å². The van der Waals surface area contributed by atoms with E-state index in [1.807, 2.05) is 19.1 Å². The van der Waals surface area contributed by atoms with Gasteiger partial charge < -0.3 is 10.2 Å². The van der Waals surface area contributed by atoms with E-state index in [9.17, 15) is 35.9 Å². The van der Waals surface area contributed by atoms with Gasteiger partial charge in [-0.05, 0) is 32.4 Å². The molecule has 1 aliphatic rings. The third-order valence-corrected chi connectivity index (χ3v) is 6.84. The number of fused-ring (bicyclic) bond motifs is 1. The number of rotatable bonds is 9. The molecule has 2 aromatic carbocycles. The molecular formula is C29H30F6N3O2Y-. The number of benzene rings is 2. The Bertz CT molecular complexity index is 1280. The van der Waals surface area contributed by atoms with Crippen LogP contribution in [0.4, 0.5) is 32.0 Å². The molecule has 0 saturated carbocycles. The number of Topliss-reactive ketones (excluding diaryl/α,β-unsaturated/α-hetero) is 1. The van der Waals surface area contributed by atoms with Gasteiger partial charge in [0.1, 0.15) is 5.78 Å². The first-order valence-corrected chi connectivity index (χ1v) is 12.6. The number of hydrogen-bond donors (Lipinski definition) is 1. The van der Waals surface area contributed by atoms with E-state index in [0.717, 1.165) is 12.5 Å². The maximum atomic E-state index is 13.5. The smallest absolute Gasteiger partial charge is 0.389 e. The maximum absolute atomic E-state index is 13.5. The van der Waals surface area contributed by atoms with Crippen molar-refractivity contribution < 1.29 is 68.6 Å². The van der Waals surface area contributed by atoms with E-state index < -0.39 is 67.7 Å². The summed E-state index contributed by atoms with van der Waals surface area (Å²) in [5.41, 5.74) is 3.60. The van der Waals surface area contributed by atoms with Crippen LogP contribution in [-0.2, 0) is 42.3 Å². The summed E-state index contributed by atoms with van der Waals surface area (Å²) >= 11 is 0. The molecule has 219 valence electrons. The fourth-order valence-corrected chi connectivity index (χ4v) is 4.70. The van der Waals surface area contributed by atoms with E-state index in [0.29, 0.717) is 22.5 Å². The van der Waals surface area contributed by atoms with Crippen molar-refractivity contribution in [3.63, 3.8) is 0 Å². The van der Waals surface area contributed by atoms with Crippen molar-refractivity contribution in [2.75, 3.05) is 11.9 Å². The third-order valence-electron chi connectivity index (χ3n) is 6.84. The molecule has 12 heteroatoms. The molecule has 1 aliphatic heterocycles. The van der Waals surface area contributed by atoms with E-state index in [-0.39, 0.29) is 38.4 Å². The van der Waals surface area contributed by atoms with E-state index in [1.54, 1.807) is 42.3 Å². The van der Waals surface area contributed by atoms with Crippen LogP contribution in [0.15, 0.2) is 59.7 Å². The van der Waals surface area contributed by atoms with Gasteiger partial charge in [0.25, 0.3) is 0 Å². The van der Waals surface area contributed by atoms with Crippen molar-refractivity contribution in [2.24, 2.45) is 16.8 Å². The number of carbonyl (C=O) groups is 2. The van der Waals surface area contributed by atoms with E-state index in [2.05, 4.69) is 18.0 Å². The van der Waals surface area contributed by atoms with Gasteiger partial charge in [0.15, 0.2) is 6.17 Å². The van der Waals surface area contributed by atoms with Crippen LogP contribution in [0, 0.1) is 24.8 Å². The summed E-state index contributed by atoms with van der Waals surface area (Å²) < 4.78 is 78.3. The molecule has 0 saturated heterocycles. The Morgan fingerprint density at radius 2 is 1.61 bits per heavy atom. The molecule has 3 rings (SSSR count). The zero-order valence-electron chi connectivity index (χ0n) is 22.9. The Morgan fingerprint density at radius 1 is 1.05 bits per heavy atom. The van der Waals surface area contributed by atoms with Crippen LogP contribution in [0.1, 0.15) is 49.3 Å². The predicted octanol–water partition coefficient (Wildman–Crippen LogP) is 6.54. The number of ketones is 1. The van der Waals surface area contributed by atoms with Crippen molar-refractivity contribution in [1.82, 2.24) is 5.32 Å². The first-order chi connectivity index (χ1) is 18.6. The normalized spacial score (nSPS) is 17.0. The molecule has 0 unspecified atom stereocenters. The zero-order valence-corrected chi connectivity index (χ0v) is 25.7. The number of hydrogen-bond acceptors (Lipinski definition) is 4. The molecule has 3 atom stereocenters. The Labute approximate surface area is 260 Å². The monoisotopic (exact) mass is 655 g/mol. The van der Waals surface area contributed by atoms with Crippen LogP contribution in [-0.4, -0.2) is 43.0 Å². The van der Waals surface area contributed by atoms with Crippen LogP contribution >= 0.6 is 0 Å². The average Bonchev–Trinajstić information content (AvgIpc) is 2.95. The van der Waals surface area contributed by atoms with Crippen LogP contribution in [0.3, 0.4) is 0 Å². The van der Waals surface area contributed by atoms with Gasteiger partial charge >= 0.3 is 12.4 Å². The van der Waals surface area contributed by atoms with Crippen molar-refractivity contribution in [1.29, 1.82) is 0 Å². The summed E-state index contributed by atoms with van der Waals surface area (Å²) in [6.45, 7) is 6.85. The Hall–Kier alpha value is -2.53. The second-order valence-electron chi connectivity index (χ2n) is 9.85. The van der Waals surface area contributed by atoms with Gasteiger partial charge in [-0.2, -0.15) is 50.1 Å². The molecular weight excluding hydrogens is 625 g/mol. The number of aryl methyl sites for hydroxylation is 1. The van der Waals surface area contributed by atoms with Gasteiger partial charge in [-0.15, -0.1) is 0 Å². The largest absolute Gasteiger partial charge is 0.398 e. The summed E-state index contributed by atoms with van der Waals surface area (Å²) in [5, 5.41) is 2.58. The topological polar surface area (TPSA) is 61.8 Å². The maximum Gasteiger partial charge on any atom is 0.389 e. The average molecular weight is 655 g/mol. The minimum absolute atomic E-state index is 0. The van der Waals surface area contributed by atoms with Gasteiger partial charge in [0.2, 0.25) is 5.91 Å². The Balaban J connectivity index is 0.00000588. The number of benzodiazepines with no additional fused rings is 1. The molecule has 1 heterocycles. The molecule has 1 amide bonds. The second kappa shape index (κ2) is 14.1. The van der Waals surface area contributed by atoms with Crippen LogP contribution < -0.4 is 10.2 Å². The number of likely N-dealkylation sites (N-methyl/N-ethyl adjacent to an activating group) is 1. The molecule has 0 fully saturated rings. The van der Waals surface area contributed by atoms with Crippen LogP contribution in [0.5, 0.6) is 0 Å². The summed E-state index contributed by atoms with van der Waals surface area (Å²) in [6, 6.07) is 15.7. The number of nitrogens with zero attached hydrogens (tertiary/aromatic N) is 2. The van der Waals surface area contributed by atoms with E-state index in [1.165, 1.54) is 0 Å². The molecule has 41 heavy (non-hydrogen) atoms. The predicted molar refractivity (Wildman–Crippen MR) is 140 cm³/mol. The standard InChI is InChI=1S/C29H30F6N3O2.Y/c1-17-10-11-24-23(16-17)25(20-8-6-5-7-9-20)36-26(18(2)38(24)4)37-27(40)22(13-15-29(33,34)35)21(19(3)39)12-14-28(30,31)32;/h5-9,11,16,21-22,26H,2,12-15H2,1,3-4H3,(H,37,40);/q-1;/t21-,22-,26-;/m1./s1. The zero-order chi connectivity index (χ0) is 29.8. The minimum atomic E-state index is -4.68. The quantitative estimate of drug-likeness (QED) is 0.247. The van der Waals surface area contributed by atoms with Crippen molar-refractivity contribution in [3.05, 3.63) is 77.5 Å². The van der Waals surface area contributed by atoms with Gasteiger partial charge in [0.05, 0.1) is 5.71 Å². The molecule has 2 aromatic rings. The molecule has 0 aromatic heterocycles. The van der Waals surface area contributed by atoms with E-state index >= 15 is 0 Å². The Kier molecular flexibility index (Phi) is 11.9. The molecule has 0 aliphatic carbocycles. The molecule has 0 bridgehead atoms. The first kappa shape index (κ1) is 34.7. The number of nitrogens with one attached hydrogen (secondary N) is 1. The molecule has 0 spiro atoms. The number of carbonyl (C=O) groups excluding carboxylic acids is 2. The fourth-order valence-electron chi connectivity index (χ4n) is 4.70. The van der Waals surface area contributed by atoms with E-state index in [4.69, 9.17) is 4.99 Å². The number of alkyl halides is 6. The summed E-state index contributed by atoms with van der Waals surface area (Å²) in [4.78, 5) is 32.2. The van der Waals surface area contributed by atoms with Crippen LogP contribution in [0.25, 0.3) is 0 Å². The summed E-state index contributed by atoms with van der Waals surface area (Å²) in [5.74, 6) is -5.02. The first-order valence-electron chi connectivity index (χ1n) is 12.6.